The van der Waals surface area contributed by atoms with Gasteiger partial charge in [-0.05, 0) is 60.4 Å². The summed E-state index contributed by atoms with van der Waals surface area (Å²) >= 11 is 12.5. The minimum Gasteiger partial charge on any atom is -0.494 e. The third-order valence-electron chi connectivity index (χ3n) is 5.14. The molecule has 2 aromatic carbocycles. The van der Waals surface area contributed by atoms with Crippen LogP contribution in [0.1, 0.15) is 48.1 Å². The zero-order chi connectivity index (χ0) is 19.8. The molecule has 0 bridgehead atoms. The fourth-order valence-corrected chi connectivity index (χ4v) is 4.05. The second-order valence-corrected chi connectivity index (χ2v) is 8.13. The fraction of sp³-hybridized carbons (Fsp3) is 0.167. The Balaban J connectivity index is 1.81. The lowest BCUT2D eigenvalue weighted by Crippen LogP contribution is -2.00. The maximum absolute atomic E-state index is 10.7. The van der Waals surface area contributed by atoms with Crippen molar-refractivity contribution < 1.29 is 5.11 Å². The molecule has 142 valence electrons. The van der Waals surface area contributed by atoms with Crippen molar-refractivity contribution in [3.63, 3.8) is 0 Å². The molecule has 1 atom stereocenters. The van der Waals surface area contributed by atoms with Crippen LogP contribution in [0.15, 0.2) is 60.8 Å². The Labute approximate surface area is 175 Å². The van der Waals surface area contributed by atoms with Gasteiger partial charge in [-0.2, -0.15) is 0 Å². The van der Waals surface area contributed by atoms with Crippen molar-refractivity contribution in [1.29, 1.82) is 0 Å². The number of hydrogen-bond donors (Lipinski definition) is 1. The average Bonchev–Trinajstić information content (AvgIpc) is 3.19. The molecule has 0 amide bonds. The highest BCUT2D eigenvalue weighted by Crippen LogP contribution is 2.48. The Kier molecular flexibility index (Phi) is 5.09. The SMILES string of the molecule is CC(C)n1cc2c(c1O)C=C(c1ccccc1Cl)C2/C=C/c1ccc(Cl)cc1. The Bertz CT molecular complexity index is 1070. The molecule has 3 aromatic rings. The first-order chi connectivity index (χ1) is 13.5. The molecule has 0 saturated carbocycles. The summed E-state index contributed by atoms with van der Waals surface area (Å²) in [6.45, 7) is 4.12. The van der Waals surface area contributed by atoms with Crippen LogP contribution in [0.4, 0.5) is 0 Å². The lowest BCUT2D eigenvalue weighted by atomic mass is 9.91. The Morgan fingerprint density at radius 1 is 1.04 bits per heavy atom. The molecule has 4 heteroatoms. The Morgan fingerprint density at radius 3 is 2.43 bits per heavy atom. The number of rotatable bonds is 4. The molecule has 1 heterocycles. The molecule has 1 aliphatic carbocycles. The van der Waals surface area contributed by atoms with E-state index in [1.165, 1.54) is 0 Å². The van der Waals surface area contributed by atoms with Crippen molar-refractivity contribution >= 4 is 40.9 Å². The minimum absolute atomic E-state index is 0.0106. The number of halogens is 2. The third-order valence-corrected chi connectivity index (χ3v) is 5.72. The fourth-order valence-electron chi connectivity index (χ4n) is 3.68. The standard InChI is InChI=1S/C24H21Cl2NO/c1-15(2)27-14-22-18(12-9-16-7-10-17(25)11-8-16)20(13-21(22)24(27)28)19-5-3-4-6-23(19)26/h3-15,18,28H,1-2H3/b12-9+. The van der Waals surface area contributed by atoms with Crippen molar-refractivity contribution in [2.75, 3.05) is 0 Å². The first-order valence-electron chi connectivity index (χ1n) is 9.29. The van der Waals surface area contributed by atoms with Crippen LogP contribution < -0.4 is 0 Å². The van der Waals surface area contributed by atoms with Crippen LogP contribution in [-0.2, 0) is 0 Å². The monoisotopic (exact) mass is 409 g/mol. The zero-order valence-electron chi connectivity index (χ0n) is 15.7. The summed E-state index contributed by atoms with van der Waals surface area (Å²) in [6.07, 6.45) is 8.35. The van der Waals surface area contributed by atoms with Gasteiger partial charge in [0.1, 0.15) is 0 Å². The normalized spacial score (nSPS) is 16.0. The molecule has 2 nitrogen and oxygen atoms in total. The number of benzene rings is 2. The van der Waals surface area contributed by atoms with Crippen molar-refractivity contribution in [3.05, 3.63) is 93.1 Å². The van der Waals surface area contributed by atoms with Crippen molar-refractivity contribution in [2.24, 2.45) is 0 Å². The summed E-state index contributed by atoms with van der Waals surface area (Å²) in [5.74, 6) is 0.313. The molecule has 0 radical (unpaired) electrons. The molecule has 0 spiro atoms. The summed E-state index contributed by atoms with van der Waals surface area (Å²) < 4.78 is 1.91. The predicted octanol–water partition coefficient (Wildman–Crippen LogP) is 7.43. The van der Waals surface area contributed by atoms with Gasteiger partial charge >= 0.3 is 0 Å². The molecular weight excluding hydrogens is 389 g/mol. The molecule has 1 aliphatic rings. The number of hydrogen-bond acceptors (Lipinski definition) is 1. The van der Waals surface area contributed by atoms with E-state index >= 15 is 0 Å². The van der Waals surface area contributed by atoms with Crippen LogP contribution in [-0.4, -0.2) is 9.67 Å². The lowest BCUT2D eigenvalue weighted by molar-refractivity contribution is 0.399. The van der Waals surface area contributed by atoms with Crippen molar-refractivity contribution in [3.8, 4) is 5.88 Å². The van der Waals surface area contributed by atoms with E-state index in [2.05, 4.69) is 32.1 Å². The first kappa shape index (κ1) is 18.9. The smallest absolute Gasteiger partial charge is 0.199 e. The number of aromatic nitrogens is 1. The molecule has 1 unspecified atom stereocenters. The van der Waals surface area contributed by atoms with Gasteiger partial charge in [0.15, 0.2) is 5.88 Å². The summed E-state index contributed by atoms with van der Waals surface area (Å²) in [7, 11) is 0. The van der Waals surface area contributed by atoms with Crippen molar-refractivity contribution in [2.45, 2.75) is 25.8 Å². The maximum Gasteiger partial charge on any atom is 0.199 e. The third kappa shape index (κ3) is 3.39. The zero-order valence-corrected chi connectivity index (χ0v) is 17.2. The molecular formula is C24H21Cl2NO. The van der Waals surface area contributed by atoms with Crippen LogP contribution >= 0.6 is 23.2 Å². The number of fused-ring (bicyclic) bond motifs is 1. The summed E-state index contributed by atoms with van der Waals surface area (Å²) in [5.41, 5.74) is 5.11. The van der Waals surface area contributed by atoms with Crippen LogP contribution in [0.25, 0.3) is 17.7 Å². The molecule has 0 fully saturated rings. The van der Waals surface area contributed by atoms with Gasteiger partial charge in [-0.1, -0.05) is 65.7 Å². The van der Waals surface area contributed by atoms with Crippen molar-refractivity contribution in [1.82, 2.24) is 4.57 Å². The van der Waals surface area contributed by atoms with E-state index in [1.807, 2.05) is 59.3 Å². The highest BCUT2D eigenvalue weighted by Gasteiger charge is 2.30. The Hall–Kier alpha value is -2.42. The largest absolute Gasteiger partial charge is 0.494 e. The van der Waals surface area contributed by atoms with Gasteiger partial charge in [-0.25, -0.2) is 0 Å². The predicted molar refractivity (Wildman–Crippen MR) is 119 cm³/mol. The topological polar surface area (TPSA) is 25.2 Å². The van der Waals surface area contributed by atoms with E-state index in [-0.39, 0.29) is 12.0 Å². The van der Waals surface area contributed by atoms with Crippen LogP contribution in [0, 0.1) is 0 Å². The van der Waals surface area contributed by atoms with Gasteiger partial charge in [-0.3, -0.25) is 0 Å². The molecule has 28 heavy (non-hydrogen) atoms. The number of allylic oxidation sites excluding steroid dienone is 2. The highest BCUT2D eigenvalue weighted by molar-refractivity contribution is 6.32. The van der Waals surface area contributed by atoms with Gasteiger partial charge < -0.3 is 9.67 Å². The van der Waals surface area contributed by atoms with Gasteiger partial charge in [0.25, 0.3) is 0 Å². The van der Waals surface area contributed by atoms with Gasteiger partial charge in [-0.15, -0.1) is 0 Å². The summed E-state index contributed by atoms with van der Waals surface area (Å²) in [6, 6.07) is 15.8. The Morgan fingerprint density at radius 2 is 1.75 bits per heavy atom. The maximum atomic E-state index is 10.7. The van der Waals surface area contributed by atoms with Crippen LogP contribution in [0.5, 0.6) is 5.88 Å². The second-order valence-electron chi connectivity index (χ2n) is 7.29. The van der Waals surface area contributed by atoms with Crippen LogP contribution in [0.3, 0.4) is 0 Å². The summed E-state index contributed by atoms with van der Waals surface area (Å²) in [4.78, 5) is 0. The lowest BCUT2D eigenvalue weighted by Gasteiger charge is -2.15. The van der Waals surface area contributed by atoms with Gasteiger partial charge in [0, 0.05) is 33.8 Å². The minimum atomic E-state index is 0.0106. The van der Waals surface area contributed by atoms with E-state index in [0.717, 1.165) is 32.8 Å². The summed E-state index contributed by atoms with van der Waals surface area (Å²) in [5, 5.41) is 12.2. The molecule has 4 rings (SSSR count). The molecule has 1 N–H and O–H groups in total. The van der Waals surface area contributed by atoms with E-state index in [0.29, 0.717) is 10.9 Å². The van der Waals surface area contributed by atoms with Gasteiger partial charge in [0.05, 0.1) is 0 Å². The molecule has 0 aliphatic heterocycles. The van der Waals surface area contributed by atoms with E-state index in [9.17, 15) is 5.11 Å². The van der Waals surface area contributed by atoms with Crippen LogP contribution in [0.2, 0.25) is 10.0 Å². The quantitative estimate of drug-likeness (QED) is 0.475. The average molecular weight is 410 g/mol. The second kappa shape index (κ2) is 7.54. The number of aromatic hydroxyl groups is 1. The molecule has 1 aromatic heterocycles. The van der Waals surface area contributed by atoms with E-state index in [4.69, 9.17) is 23.2 Å². The number of nitrogens with zero attached hydrogens (tertiary/aromatic N) is 1. The first-order valence-corrected chi connectivity index (χ1v) is 10.0. The molecule has 0 saturated heterocycles. The highest BCUT2D eigenvalue weighted by atomic mass is 35.5. The van der Waals surface area contributed by atoms with Gasteiger partial charge in [0.2, 0.25) is 0 Å². The van der Waals surface area contributed by atoms with E-state index in [1.54, 1.807) is 0 Å². The van der Waals surface area contributed by atoms with E-state index < -0.39 is 0 Å².